The van der Waals surface area contributed by atoms with Crippen LogP contribution >= 0.6 is 11.8 Å². The highest BCUT2D eigenvalue weighted by atomic mass is 32.2. The van der Waals surface area contributed by atoms with E-state index in [2.05, 4.69) is 24.4 Å². The van der Waals surface area contributed by atoms with Gasteiger partial charge >= 0.3 is 0 Å². The maximum atomic E-state index is 12.0. The van der Waals surface area contributed by atoms with Crippen LogP contribution < -0.4 is 10.1 Å². The highest BCUT2D eigenvalue weighted by Crippen LogP contribution is 2.18. The number of rotatable bonds is 10. The first-order valence-corrected chi connectivity index (χ1v) is 11.4. The summed E-state index contributed by atoms with van der Waals surface area (Å²) in [6.45, 7) is 2.77. The van der Waals surface area contributed by atoms with E-state index in [1.807, 2.05) is 12.1 Å². The lowest BCUT2D eigenvalue weighted by Gasteiger charge is -2.12. The molecule has 0 saturated carbocycles. The van der Waals surface area contributed by atoms with Crippen molar-refractivity contribution in [2.75, 3.05) is 33.0 Å². The Bertz CT molecular complexity index is 881. The van der Waals surface area contributed by atoms with Crippen LogP contribution in [0.2, 0.25) is 0 Å². The molecule has 8 heteroatoms. The first kappa shape index (κ1) is 22.3. The number of aryl methyl sites for hydroxylation is 1. The highest BCUT2D eigenvalue weighted by Gasteiger charge is 2.16. The van der Waals surface area contributed by atoms with E-state index in [4.69, 9.17) is 4.74 Å². The van der Waals surface area contributed by atoms with E-state index < -0.39 is 10.0 Å². The van der Waals surface area contributed by atoms with Gasteiger partial charge in [-0.3, -0.25) is 4.79 Å². The average Bonchev–Trinajstić information content (AvgIpc) is 2.67. The zero-order valence-electron chi connectivity index (χ0n) is 16.3. The Hall–Kier alpha value is -2.03. The predicted octanol–water partition coefficient (Wildman–Crippen LogP) is 2.67. The molecule has 0 saturated heterocycles. The topological polar surface area (TPSA) is 75.7 Å². The molecular weight excluding hydrogens is 396 g/mol. The first-order chi connectivity index (χ1) is 13.3. The molecule has 0 aromatic heterocycles. The van der Waals surface area contributed by atoms with Crippen molar-refractivity contribution in [3.05, 3.63) is 59.7 Å². The molecule has 0 heterocycles. The van der Waals surface area contributed by atoms with Crippen molar-refractivity contribution in [1.29, 1.82) is 0 Å². The number of nitrogens with zero attached hydrogens (tertiary/aromatic N) is 1. The number of ether oxygens (including phenoxy) is 1. The van der Waals surface area contributed by atoms with Crippen molar-refractivity contribution in [2.24, 2.45) is 0 Å². The standard InChI is InChI=1S/C20H26N2O4S2/c1-16-6-4-5-7-17(16)14-27-15-20(23)21-12-13-26-18-8-10-19(11-9-18)28(24,25)22(2)3/h4-11H,12-15H2,1-3H3,(H,21,23). The molecule has 1 amide bonds. The molecule has 2 rings (SSSR count). The largest absolute Gasteiger partial charge is 0.492 e. The number of sulfonamides is 1. The Morgan fingerprint density at radius 1 is 1.11 bits per heavy atom. The highest BCUT2D eigenvalue weighted by molar-refractivity contribution is 7.99. The van der Waals surface area contributed by atoms with Gasteiger partial charge < -0.3 is 10.1 Å². The van der Waals surface area contributed by atoms with Gasteiger partial charge in [0, 0.05) is 19.8 Å². The van der Waals surface area contributed by atoms with E-state index in [1.54, 1.807) is 23.9 Å². The van der Waals surface area contributed by atoms with Crippen LogP contribution in [0.25, 0.3) is 0 Å². The van der Waals surface area contributed by atoms with Crippen molar-refractivity contribution in [3.63, 3.8) is 0 Å². The van der Waals surface area contributed by atoms with Crippen molar-refractivity contribution in [3.8, 4) is 5.75 Å². The van der Waals surface area contributed by atoms with Gasteiger partial charge in [0.2, 0.25) is 15.9 Å². The molecule has 0 bridgehead atoms. The lowest BCUT2D eigenvalue weighted by Crippen LogP contribution is -2.29. The minimum absolute atomic E-state index is 0.0328. The van der Waals surface area contributed by atoms with E-state index in [-0.39, 0.29) is 10.8 Å². The Labute approximate surface area is 171 Å². The minimum Gasteiger partial charge on any atom is -0.492 e. The van der Waals surface area contributed by atoms with Gasteiger partial charge in [0.25, 0.3) is 0 Å². The summed E-state index contributed by atoms with van der Waals surface area (Å²) < 4.78 is 30.7. The number of thioether (sulfide) groups is 1. The third-order valence-corrected chi connectivity index (χ3v) is 6.86. The molecule has 2 aromatic rings. The van der Waals surface area contributed by atoms with E-state index in [1.165, 1.54) is 37.4 Å². The second kappa shape index (κ2) is 10.5. The van der Waals surface area contributed by atoms with Gasteiger partial charge in [-0.05, 0) is 42.3 Å². The maximum Gasteiger partial charge on any atom is 0.242 e. The molecule has 2 aromatic carbocycles. The van der Waals surface area contributed by atoms with Crippen LogP contribution in [-0.2, 0) is 20.6 Å². The zero-order valence-corrected chi connectivity index (χ0v) is 18.0. The zero-order chi connectivity index (χ0) is 20.6. The second-order valence-corrected chi connectivity index (χ2v) is 9.51. The second-order valence-electron chi connectivity index (χ2n) is 6.38. The van der Waals surface area contributed by atoms with Crippen LogP contribution in [0.5, 0.6) is 5.75 Å². The van der Waals surface area contributed by atoms with Crippen molar-refractivity contribution < 1.29 is 17.9 Å². The molecule has 152 valence electrons. The number of hydrogen-bond acceptors (Lipinski definition) is 5. The van der Waals surface area contributed by atoms with Crippen LogP contribution in [0.15, 0.2) is 53.4 Å². The summed E-state index contributed by atoms with van der Waals surface area (Å²) in [5.74, 6) is 1.72. The predicted molar refractivity (Wildman–Crippen MR) is 113 cm³/mol. The lowest BCUT2D eigenvalue weighted by atomic mass is 10.1. The molecule has 0 spiro atoms. The summed E-state index contributed by atoms with van der Waals surface area (Å²) in [5, 5.41) is 2.82. The third kappa shape index (κ3) is 6.54. The first-order valence-electron chi connectivity index (χ1n) is 8.85. The SMILES string of the molecule is Cc1ccccc1CSCC(=O)NCCOc1ccc(S(=O)(=O)N(C)C)cc1. The Balaban J connectivity index is 1.67. The van der Waals surface area contributed by atoms with Gasteiger partial charge in [0.1, 0.15) is 12.4 Å². The summed E-state index contributed by atoms with van der Waals surface area (Å²) in [7, 11) is -0.468. The van der Waals surface area contributed by atoms with Crippen LogP contribution in [-0.4, -0.2) is 51.6 Å². The van der Waals surface area contributed by atoms with Crippen molar-refractivity contribution in [2.45, 2.75) is 17.6 Å². The molecule has 0 aliphatic rings. The summed E-state index contributed by atoms with van der Waals surface area (Å²) >= 11 is 1.58. The van der Waals surface area contributed by atoms with Crippen LogP contribution in [0.4, 0.5) is 0 Å². The van der Waals surface area contributed by atoms with E-state index in [0.29, 0.717) is 24.7 Å². The van der Waals surface area contributed by atoms with Gasteiger partial charge in [-0.15, -0.1) is 11.8 Å². The molecule has 0 unspecified atom stereocenters. The summed E-state index contributed by atoms with van der Waals surface area (Å²) in [5.41, 5.74) is 2.47. The number of carbonyl (C=O) groups is 1. The van der Waals surface area contributed by atoms with Crippen LogP contribution in [0, 0.1) is 6.92 Å². The Morgan fingerprint density at radius 2 is 1.79 bits per heavy atom. The number of carbonyl (C=O) groups excluding carboxylic acids is 1. The van der Waals surface area contributed by atoms with Crippen molar-refractivity contribution >= 4 is 27.7 Å². The molecule has 28 heavy (non-hydrogen) atoms. The number of hydrogen-bond donors (Lipinski definition) is 1. The summed E-state index contributed by atoms with van der Waals surface area (Å²) in [6, 6.07) is 14.4. The molecule has 0 aliphatic heterocycles. The van der Waals surface area contributed by atoms with Crippen molar-refractivity contribution in [1.82, 2.24) is 9.62 Å². The fraction of sp³-hybridized carbons (Fsp3) is 0.350. The van der Waals surface area contributed by atoms with Gasteiger partial charge in [0.15, 0.2) is 0 Å². The fourth-order valence-corrected chi connectivity index (χ4v) is 4.19. The Kier molecular flexibility index (Phi) is 8.35. The molecule has 0 radical (unpaired) electrons. The smallest absolute Gasteiger partial charge is 0.242 e. The average molecular weight is 423 g/mol. The normalized spacial score (nSPS) is 11.4. The van der Waals surface area contributed by atoms with E-state index in [9.17, 15) is 13.2 Å². The lowest BCUT2D eigenvalue weighted by molar-refractivity contribution is -0.118. The summed E-state index contributed by atoms with van der Waals surface area (Å²) in [4.78, 5) is 12.1. The van der Waals surface area contributed by atoms with Gasteiger partial charge in [0.05, 0.1) is 17.2 Å². The van der Waals surface area contributed by atoms with Gasteiger partial charge in [-0.2, -0.15) is 0 Å². The van der Waals surface area contributed by atoms with Crippen LogP contribution in [0.3, 0.4) is 0 Å². The van der Waals surface area contributed by atoms with E-state index >= 15 is 0 Å². The molecular formula is C20H26N2O4S2. The van der Waals surface area contributed by atoms with Crippen LogP contribution in [0.1, 0.15) is 11.1 Å². The number of amides is 1. The molecule has 1 N–H and O–H groups in total. The van der Waals surface area contributed by atoms with Gasteiger partial charge in [-0.1, -0.05) is 24.3 Å². The molecule has 0 aliphatic carbocycles. The number of nitrogens with one attached hydrogen (secondary N) is 1. The molecule has 0 fully saturated rings. The van der Waals surface area contributed by atoms with E-state index in [0.717, 1.165) is 10.1 Å². The fourth-order valence-electron chi connectivity index (χ4n) is 2.35. The monoisotopic (exact) mass is 422 g/mol. The minimum atomic E-state index is -3.44. The quantitative estimate of drug-likeness (QED) is 0.596. The third-order valence-electron chi connectivity index (χ3n) is 4.05. The van der Waals surface area contributed by atoms with Gasteiger partial charge in [-0.25, -0.2) is 12.7 Å². The molecule has 6 nitrogen and oxygen atoms in total. The summed E-state index contributed by atoms with van der Waals surface area (Å²) in [6.07, 6.45) is 0. The maximum absolute atomic E-state index is 12.0. The molecule has 0 atom stereocenters. The number of benzene rings is 2. The Morgan fingerprint density at radius 3 is 2.43 bits per heavy atom.